The molecule has 5 nitrogen and oxygen atoms in total. The summed E-state index contributed by atoms with van der Waals surface area (Å²) in [6.07, 6.45) is 7.07. The molecule has 0 aliphatic rings. The second-order valence-corrected chi connectivity index (χ2v) is 8.30. The fourth-order valence-electron chi connectivity index (χ4n) is 2.93. The monoisotopic (exact) mass is 449 g/mol. The molecule has 0 spiro atoms. The van der Waals surface area contributed by atoms with Gasteiger partial charge in [0, 0.05) is 17.5 Å². The van der Waals surface area contributed by atoms with Gasteiger partial charge in [-0.3, -0.25) is 10.1 Å². The SMILES string of the molecule is CCCCCOc1ccc(/C=C(\C#N)C(=O)Nc2ncc(Cc3ccc(F)cc3)s2)cc1. The van der Waals surface area contributed by atoms with Gasteiger partial charge in [-0.2, -0.15) is 5.26 Å². The Morgan fingerprint density at radius 1 is 1.19 bits per heavy atom. The molecule has 0 atom stereocenters. The highest BCUT2D eigenvalue weighted by Crippen LogP contribution is 2.22. The Balaban J connectivity index is 1.58. The summed E-state index contributed by atoms with van der Waals surface area (Å²) in [5.74, 6) is -0.0382. The van der Waals surface area contributed by atoms with Gasteiger partial charge >= 0.3 is 0 Å². The van der Waals surface area contributed by atoms with Crippen LogP contribution >= 0.6 is 11.3 Å². The van der Waals surface area contributed by atoms with Crippen molar-refractivity contribution in [2.45, 2.75) is 32.6 Å². The first-order valence-electron chi connectivity index (χ1n) is 10.4. The van der Waals surface area contributed by atoms with Gasteiger partial charge in [-0.1, -0.05) is 44.0 Å². The number of anilines is 1. The van der Waals surface area contributed by atoms with Crippen molar-refractivity contribution < 1.29 is 13.9 Å². The number of thiazole rings is 1. The van der Waals surface area contributed by atoms with Crippen molar-refractivity contribution in [3.8, 4) is 11.8 Å². The number of nitriles is 1. The zero-order chi connectivity index (χ0) is 22.8. The quantitative estimate of drug-likeness (QED) is 0.234. The summed E-state index contributed by atoms with van der Waals surface area (Å²) < 4.78 is 18.7. The lowest BCUT2D eigenvalue weighted by Crippen LogP contribution is -2.13. The van der Waals surface area contributed by atoms with Crippen LogP contribution in [-0.2, 0) is 11.2 Å². The number of nitrogens with zero attached hydrogens (tertiary/aromatic N) is 2. The molecule has 3 rings (SSSR count). The fraction of sp³-hybridized carbons (Fsp3) is 0.240. The molecule has 32 heavy (non-hydrogen) atoms. The number of amides is 1. The number of aromatic nitrogens is 1. The molecule has 0 saturated carbocycles. The van der Waals surface area contributed by atoms with Crippen LogP contribution in [-0.4, -0.2) is 17.5 Å². The summed E-state index contributed by atoms with van der Waals surface area (Å²) in [7, 11) is 0. The van der Waals surface area contributed by atoms with Gasteiger partial charge in [0.1, 0.15) is 23.2 Å². The summed E-state index contributed by atoms with van der Waals surface area (Å²) >= 11 is 1.32. The average Bonchev–Trinajstić information content (AvgIpc) is 3.24. The summed E-state index contributed by atoms with van der Waals surface area (Å²) in [5.41, 5.74) is 1.66. The molecule has 0 bridgehead atoms. The number of ether oxygens (including phenoxy) is 1. The largest absolute Gasteiger partial charge is 0.494 e. The number of carbonyl (C=O) groups excluding carboxylic acids is 1. The first-order valence-corrected chi connectivity index (χ1v) is 11.2. The minimum absolute atomic E-state index is 0.0168. The Labute approximate surface area is 191 Å². The van der Waals surface area contributed by atoms with Crippen LogP contribution in [0.4, 0.5) is 9.52 Å². The van der Waals surface area contributed by atoms with Crippen molar-refractivity contribution in [2.75, 3.05) is 11.9 Å². The Kier molecular flexibility index (Phi) is 8.52. The summed E-state index contributed by atoms with van der Waals surface area (Å²) in [5, 5.41) is 12.5. The molecule has 1 amide bonds. The molecule has 1 aromatic heterocycles. The van der Waals surface area contributed by atoms with Crippen molar-refractivity contribution in [2.24, 2.45) is 0 Å². The molecule has 1 N–H and O–H groups in total. The lowest BCUT2D eigenvalue weighted by atomic mass is 10.1. The van der Waals surface area contributed by atoms with Crippen molar-refractivity contribution in [1.29, 1.82) is 5.26 Å². The average molecular weight is 450 g/mol. The van der Waals surface area contributed by atoms with Crippen LogP contribution in [0.15, 0.2) is 60.3 Å². The Morgan fingerprint density at radius 3 is 2.62 bits per heavy atom. The minimum Gasteiger partial charge on any atom is -0.494 e. The Hall–Kier alpha value is -3.50. The molecular weight excluding hydrogens is 425 g/mol. The maximum atomic E-state index is 13.0. The number of hydrogen-bond acceptors (Lipinski definition) is 5. The maximum absolute atomic E-state index is 13.0. The predicted octanol–water partition coefficient (Wildman–Crippen LogP) is 5.99. The molecule has 0 fully saturated rings. The fourth-order valence-corrected chi connectivity index (χ4v) is 3.77. The second-order valence-electron chi connectivity index (χ2n) is 7.18. The molecule has 3 aromatic rings. The van der Waals surface area contributed by atoms with E-state index in [2.05, 4.69) is 17.2 Å². The summed E-state index contributed by atoms with van der Waals surface area (Å²) in [4.78, 5) is 17.6. The van der Waals surface area contributed by atoms with E-state index in [1.165, 1.54) is 29.5 Å². The van der Waals surface area contributed by atoms with Gasteiger partial charge in [0.2, 0.25) is 0 Å². The van der Waals surface area contributed by atoms with Crippen LogP contribution in [0.2, 0.25) is 0 Å². The van der Waals surface area contributed by atoms with Crippen LogP contribution in [0.1, 0.15) is 42.2 Å². The summed E-state index contributed by atoms with van der Waals surface area (Å²) in [6, 6.07) is 15.5. The number of hydrogen-bond donors (Lipinski definition) is 1. The van der Waals surface area contributed by atoms with E-state index in [0.717, 1.165) is 41.0 Å². The van der Waals surface area contributed by atoms with Crippen LogP contribution < -0.4 is 10.1 Å². The van der Waals surface area contributed by atoms with Crippen LogP contribution in [0.3, 0.4) is 0 Å². The van der Waals surface area contributed by atoms with Gasteiger partial charge in [-0.25, -0.2) is 9.37 Å². The second kappa shape index (κ2) is 11.8. The molecule has 1 heterocycles. The molecule has 0 saturated heterocycles. The number of benzene rings is 2. The third-order valence-corrected chi connectivity index (χ3v) is 5.55. The molecule has 164 valence electrons. The van der Waals surface area contributed by atoms with Crippen molar-refractivity contribution in [1.82, 2.24) is 4.98 Å². The van der Waals surface area contributed by atoms with E-state index < -0.39 is 5.91 Å². The highest BCUT2D eigenvalue weighted by atomic mass is 32.1. The van der Waals surface area contributed by atoms with E-state index in [-0.39, 0.29) is 11.4 Å². The maximum Gasteiger partial charge on any atom is 0.268 e. The van der Waals surface area contributed by atoms with Gasteiger partial charge in [0.05, 0.1) is 6.61 Å². The number of rotatable bonds is 10. The smallest absolute Gasteiger partial charge is 0.268 e. The van der Waals surface area contributed by atoms with E-state index in [1.807, 2.05) is 30.3 Å². The summed E-state index contributed by atoms with van der Waals surface area (Å²) in [6.45, 7) is 2.82. The highest BCUT2D eigenvalue weighted by molar-refractivity contribution is 7.15. The van der Waals surface area contributed by atoms with E-state index in [4.69, 9.17) is 4.74 Å². The van der Waals surface area contributed by atoms with E-state index in [0.29, 0.717) is 18.2 Å². The van der Waals surface area contributed by atoms with Gasteiger partial charge in [-0.05, 0) is 47.9 Å². The normalized spacial score (nSPS) is 11.1. The molecule has 7 heteroatoms. The molecule has 0 aliphatic heterocycles. The van der Waals surface area contributed by atoms with Crippen LogP contribution in [0.5, 0.6) is 5.75 Å². The Bertz CT molecular complexity index is 1100. The lowest BCUT2D eigenvalue weighted by molar-refractivity contribution is -0.112. The van der Waals surface area contributed by atoms with E-state index in [1.54, 1.807) is 18.3 Å². The topological polar surface area (TPSA) is 75.0 Å². The number of carbonyl (C=O) groups is 1. The van der Waals surface area contributed by atoms with E-state index in [9.17, 15) is 14.4 Å². The molecular formula is C25H24FN3O2S. The highest BCUT2D eigenvalue weighted by Gasteiger charge is 2.12. The lowest BCUT2D eigenvalue weighted by Gasteiger charge is -2.06. The molecule has 2 aromatic carbocycles. The van der Waals surface area contributed by atoms with Crippen molar-refractivity contribution in [3.63, 3.8) is 0 Å². The first kappa shape index (κ1) is 23.2. The number of halogens is 1. The predicted molar refractivity (Wildman–Crippen MR) is 125 cm³/mol. The van der Waals surface area contributed by atoms with Crippen molar-refractivity contribution in [3.05, 3.63) is 82.1 Å². The number of nitrogens with one attached hydrogen (secondary N) is 1. The standard InChI is InChI=1S/C25H24FN3O2S/c1-2-3-4-13-31-22-11-7-18(8-12-22)14-20(16-27)24(30)29-25-28-17-23(32-25)15-19-5-9-21(26)10-6-19/h5-12,14,17H,2-4,13,15H2,1H3,(H,28,29,30)/b20-14+. The first-order chi connectivity index (χ1) is 15.6. The third-order valence-electron chi connectivity index (χ3n) is 4.64. The van der Waals surface area contributed by atoms with Gasteiger partial charge in [0.15, 0.2) is 5.13 Å². The van der Waals surface area contributed by atoms with Gasteiger partial charge < -0.3 is 4.74 Å². The van der Waals surface area contributed by atoms with E-state index >= 15 is 0 Å². The zero-order valence-corrected chi connectivity index (χ0v) is 18.6. The van der Waals surface area contributed by atoms with Crippen LogP contribution in [0.25, 0.3) is 6.08 Å². The molecule has 0 aliphatic carbocycles. The molecule has 0 unspecified atom stereocenters. The van der Waals surface area contributed by atoms with Crippen molar-refractivity contribution >= 4 is 28.5 Å². The van der Waals surface area contributed by atoms with Gasteiger partial charge in [0.25, 0.3) is 5.91 Å². The zero-order valence-electron chi connectivity index (χ0n) is 17.8. The number of unbranched alkanes of at least 4 members (excludes halogenated alkanes) is 2. The molecule has 0 radical (unpaired) electrons. The third kappa shape index (κ3) is 7.03. The Morgan fingerprint density at radius 2 is 1.94 bits per heavy atom. The van der Waals surface area contributed by atoms with Crippen LogP contribution in [0, 0.1) is 17.1 Å². The van der Waals surface area contributed by atoms with Gasteiger partial charge in [-0.15, -0.1) is 11.3 Å². The minimum atomic E-state index is -0.518.